The third-order valence-corrected chi connectivity index (χ3v) is 2.48. The predicted molar refractivity (Wildman–Crippen MR) is 73.9 cm³/mol. The van der Waals surface area contributed by atoms with Crippen molar-refractivity contribution in [1.82, 2.24) is 0 Å². The summed E-state index contributed by atoms with van der Waals surface area (Å²) in [6, 6.07) is 15.2. The Morgan fingerprint density at radius 2 is 1.53 bits per heavy atom. The predicted octanol–water partition coefficient (Wildman–Crippen LogP) is 2.10. The van der Waals surface area contributed by atoms with Gasteiger partial charge in [0.05, 0.1) is 6.21 Å². The van der Waals surface area contributed by atoms with Gasteiger partial charge in [-0.3, -0.25) is 0 Å². The maximum atomic E-state index is 9.00. The summed E-state index contributed by atoms with van der Waals surface area (Å²) >= 11 is 0. The van der Waals surface area contributed by atoms with Crippen molar-refractivity contribution in [1.29, 1.82) is 0 Å². The number of benzene rings is 2. The van der Waals surface area contributed by atoms with Gasteiger partial charge in [-0.05, 0) is 11.6 Å². The van der Waals surface area contributed by atoms with Gasteiger partial charge in [-0.1, -0.05) is 47.6 Å². The van der Waals surface area contributed by atoms with E-state index in [1.165, 1.54) is 0 Å². The van der Waals surface area contributed by atoms with E-state index in [1.807, 2.05) is 42.5 Å². The van der Waals surface area contributed by atoms with E-state index >= 15 is 0 Å². The van der Waals surface area contributed by atoms with Gasteiger partial charge in [-0.2, -0.15) is 0 Å². The van der Waals surface area contributed by atoms with E-state index in [4.69, 9.17) is 9.63 Å². The third kappa shape index (κ3) is 3.10. The molecule has 0 atom stereocenters. The van der Waals surface area contributed by atoms with Gasteiger partial charge in [0.1, 0.15) is 0 Å². The minimum Gasteiger partial charge on any atom is -0.356 e. The Balaban J connectivity index is 0.000000297. The highest BCUT2D eigenvalue weighted by atomic mass is 16.6. The molecular weight excluding hydrogens is 242 g/mol. The molecule has 2 aromatic carbocycles. The van der Waals surface area contributed by atoms with Gasteiger partial charge in [-0.15, -0.1) is 0 Å². The second-order valence-electron chi connectivity index (χ2n) is 3.81. The van der Waals surface area contributed by atoms with Gasteiger partial charge in [0.2, 0.25) is 0 Å². The molecular formula is C14H13N3O2. The summed E-state index contributed by atoms with van der Waals surface area (Å²) in [6.07, 6.45) is 1.75. The van der Waals surface area contributed by atoms with Crippen LogP contribution in [0.15, 0.2) is 53.7 Å². The minimum atomic E-state index is -0.833. The van der Waals surface area contributed by atoms with E-state index < -0.39 is 6.03 Å². The summed E-state index contributed by atoms with van der Waals surface area (Å²) in [5.74, 6) is 0.804. The Hall–Kier alpha value is -2.82. The van der Waals surface area contributed by atoms with E-state index in [9.17, 15) is 0 Å². The molecule has 0 radical (unpaired) electrons. The molecule has 0 unspecified atom stereocenters. The Labute approximate surface area is 110 Å². The van der Waals surface area contributed by atoms with Crippen LogP contribution in [0.25, 0.3) is 11.1 Å². The molecule has 0 spiro atoms. The van der Waals surface area contributed by atoms with E-state index in [0.29, 0.717) is 0 Å². The van der Waals surface area contributed by atoms with Gasteiger partial charge in [0.15, 0.2) is 5.75 Å². The summed E-state index contributed by atoms with van der Waals surface area (Å²) in [5.41, 5.74) is 11.8. The highest BCUT2D eigenvalue weighted by Gasteiger charge is 2.11. The highest BCUT2D eigenvalue weighted by molar-refractivity contribution is 5.92. The molecule has 19 heavy (non-hydrogen) atoms. The van der Waals surface area contributed by atoms with Gasteiger partial charge >= 0.3 is 6.03 Å². The van der Waals surface area contributed by atoms with Crippen molar-refractivity contribution >= 4 is 12.2 Å². The quantitative estimate of drug-likeness (QED) is 0.754. The molecule has 5 nitrogen and oxygen atoms in total. The Morgan fingerprint density at radius 1 is 0.947 bits per heavy atom. The van der Waals surface area contributed by atoms with Crippen molar-refractivity contribution in [2.24, 2.45) is 16.6 Å². The summed E-state index contributed by atoms with van der Waals surface area (Å²) in [6.45, 7) is 0. The summed E-state index contributed by atoms with van der Waals surface area (Å²) < 4.78 is 0. The molecule has 3 rings (SSSR count). The molecule has 4 N–H and O–H groups in total. The highest BCUT2D eigenvalue weighted by Crippen LogP contribution is 2.33. The number of oxime groups is 1. The molecule has 2 aromatic rings. The zero-order valence-electron chi connectivity index (χ0n) is 10.1. The first-order valence-electron chi connectivity index (χ1n) is 5.62. The first-order chi connectivity index (χ1) is 9.18. The van der Waals surface area contributed by atoms with Gasteiger partial charge < -0.3 is 16.3 Å². The van der Waals surface area contributed by atoms with Crippen LogP contribution in [0, 0.1) is 0 Å². The van der Waals surface area contributed by atoms with Gasteiger partial charge in [0, 0.05) is 11.1 Å². The number of rotatable bonds is 0. The van der Waals surface area contributed by atoms with Crippen molar-refractivity contribution in [3.05, 3.63) is 54.1 Å². The Kier molecular flexibility index (Phi) is 3.78. The first-order valence-corrected chi connectivity index (χ1v) is 5.62. The fourth-order valence-electron chi connectivity index (χ4n) is 1.76. The van der Waals surface area contributed by atoms with Crippen LogP contribution in [-0.4, -0.2) is 12.2 Å². The van der Waals surface area contributed by atoms with Crippen LogP contribution >= 0.6 is 0 Å². The lowest BCUT2D eigenvalue weighted by molar-refractivity contribution is 0.256. The smallest absolute Gasteiger partial charge is 0.309 e. The lowest BCUT2D eigenvalue weighted by atomic mass is 10.00. The summed E-state index contributed by atoms with van der Waals surface area (Å²) in [7, 11) is 0. The van der Waals surface area contributed by atoms with Crippen molar-refractivity contribution in [3.8, 4) is 16.9 Å². The number of fused-ring (bicyclic) bond motifs is 3. The maximum Gasteiger partial charge on any atom is 0.309 e. The molecule has 1 aliphatic rings. The molecule has 0 saturated heterocycles. The average molecular weight is 255 g/mol. The fraction of sp³-hybridized carbons (Fsp3) is 0. The SMILES string of the molecule is C1=NOc2ccccc2-c2ccccc21.NC(N)=O. The topological polar surface area (TPSA) is 90.7 Å². The number of primary amides is 2. The number of amides is 2. The number of carbonyl (C=O) groups excluding carboxylic acids is 1. The van der Waals surface area contributed by atoms with Crippen molar-refractivity contribution < 1.29 is 9.63 Å². The van der Waals surface area contributed by atoms with E-state index in [1.54, 1.807) is 6.21 Å². The average Bonchev–Trinajstić information content (AvgIpc) is 2.57. The zero-order chi connectivity index (χ0) is 13.7. The largest absolute Gasteiger partial charge is 0.356 e. The van der Waals surface area contributed by atoms with Gasteiger partial charge in [-0.25, -0.2) is 4.79 Å². The van der Waals surface area contributed by atoms with Crippen molar-refractivity contribution in [3.63, 3.8) is 0 Å². The van der Waals surface area contributed by atoms with Gasteiger partial charge in [0.25, 0.3) is 0 Å². The normalized spacial score (nSPS) is 10.9. The number of nitrogens with two attached hydrogens (primary N) is 2. The van der Waals surface area contributed by atoms with Crippen LogP contribution in [0.1, 0.15) is 5.56 Å². The molecule has 0 saturated carbocycles. The van der Waals surface area contributed by atoms with Crippen LogP contribution < -0.4 is 16.3 Å². The van der Waals surface area contributed by atoms with E-state index in [-0.39, 0.29) is 0 Å². The monoisotopic (exact) mass is 255 g/mol. The third-order valence-electron chi connectivity index (χ3n) is 2.48. The molecule has 0 aromatic heterocycles. The van der Waals surface area contributed by atoms with E-state index in [0.717, 1.165) is 22.4 Å². The van der Waals surface area contributed by atoms with Crippen LogP contribution in [0.4, 0.5) is 4.79 Å². The zero-order valence-corrected chi connectivity index (χ0v) is 10.1. The standard InChI is InChI=1S/C13H9NO.CH4N2O/c1-2-6-11-10(5-1)9-14-15-13-8-4-3-7-12(11)13;2-1(3)4/h1-9H;(H4,2,3,4). The molecule has 0 fully saturated rings. The molecule has 2 amide bonds. The lowest BCUT2D eigenvalue weighted by Crippen LogP contribution is -2.18. The molecule has 0 bridgehead atoms. The first kappa shape index (κ1) is 12.6. The van der Waals surface area contributed by atoms with Crippen LogP contribution in [0.5, 0.6) is 5.75 Å². The van der Waals surface area contributed by atoms with Crippen LogP contribution in [0.3, 0.4) is 0 Å². The second kappa shape index (κ2) is 5.68. The van der Waals surface area contributed by atoms with Crippen LogP contribution in [0.2, 0.25) is 0 Å². The maximum absolute atomic E-state index is 9.00. The second-order valence-corrected chi connectivity index (χ2v) is 3.81. The Morgan fingerprint density at radius 3 is 2.26 bits per heavy atom. The number of nitrogens with zero attached hydrogens (tertiary/aromatic N) is 1. The van der Waals surface area contributed by atoms with E-state index in [2.05, 4.69) is 22.7 Å². The molecule has 1 aliphatic heterocycles. The molecule has 96 valence electrons. The van der Waals surface area contributed by atoms with Crippen molar-refractivity contribution in [2.75, 3.05) is 0 Å². The number of hydrogen-bond donors (Lipinski definition) is 2. The lowest BCUT2D eigenvalue weighted by Gasteiger charge is -2.05. The fourth-order valence-corrected chi connectivity index (χ4v) is 1.76. The number of hydrogen-bond acceptors (Lipinski definition) is 3. The molecule has 0 aliphatic carbocycles. The molecule has 1 heterocycles. The Bertz CT molecular complexity index is 620. The summed E-state index contributed by atoms with van der Waals surface area (Å²) in [5, 5.41) is 3.93. The number of carbonyl (C=O) groups is 1. The molecule has 5 heteroatoms. The van der Waals surface area contributed by atoms with Crippen molar-refractivity contribution in [2.45, 2.75) is 0 Å². The number of para-hydroxylation sites is 1. The number of urea groups is 1. The summed E-state index contributed by atoms with van der Waals surface area (Å²) in [4.78, 5) is 14.3. The minimum absolute atomic E-state index is 0.804. The van der Waals surface area contributed by atoms with Crippen LogP contribution in [-0.2, 0) is 0 Å².